The molecule has 0 spiro atoms. The number of rotatable bonds is 3. The Morgan fingerprint density at radius 3 is 2.48 bits per heavy atom. The van der Waals surface area contributed by atoms with Crippen LogP contribution in [0, 0.1) is 0 Å². The molecule has 0 bridgehead atoms. The summed E-state index contributed by atoms with van der Waals surface area (Å²) in [6, 6.07) is 16.4. The fourth-order valence-electron chi connectivity index (χ4n) is 2.58. The smallest absolute Gasteiger partial charge is 0.323 e. The molecule has 2 aromatic carbocycles. The van der Waals surface area contributed by atoms with Crippen LogP contribution >= 0.6 is 0 Å². The SMILES string of the molecule is NC1N=C(c2ccccc2)c2ccccc2N(CC(=O)O)C1=O. The quantitative estimate of drug-likeness (QED) is 0.891. The Hall–Kier alpha value is -2.99. The molecule has 0 saturated carbocycles. The van der Waals surface area contributed by atoms with Crippen molar-refractivity contribution in [3.05, 3.63) is 65.7 Å². The molecular formula is C17H15N3O3. The van der Waals surface area contributed by atoms with E-state index in [1.165, 1.54) is 4.90 Å². The van der Waals surface area contributed by atoms with Crippen LogP contribution < -0.4 is 10.6 Å². The summed E-state index contributed by atoms with van der Waals surface area (Å²) in [7, 11) is 0. The van der Waals surface area contributed by atoms with E-state index in [4.69, 9.17) is 10.8 Å². The van der Waals surface area contributed by atoms with Gasteiger partial charge in [0.25, 0.3) is 5.91 Å². The first kappa shape index (κ1) is 14.9. The van der Waals surface area contributed by atoms with E-state index in [9.17, 15) is 9.59 Å². The summed E-state index contributed by atoms with van der Waals surface area (Å²) in [5, 5.41) is 9.10. The summed E-state index contributed by atoms with van der Waals surface area (Å²) in [6.07, 6.45) is -1.14. The van der Waals surface area contributed by atoms with Crippen molar-refractivity contribution in [2.24, 2.45) is 10.7 Å². The molecule has 0 radical (unpaired) electrons. The highest BCUT2D eigenvalue weighted by Crippen LogP contribution is 2.27. The summed E-state index contributed by atoms with van der Waals surface area (Å²) in [6.45, 7) is -0.457. The van der Waals surface area contributed by atoms with E-state index in [2.05, 4.69) is 4.99 Å². The zero-order valence-electron chi connectivity index (χ0n) is 12.2. The average molecular weight is 309 g/mol. The molecular weight excluding hydrogens is 294 g/mol. The lowest BCUT2D eigenvalue weighted by molar-refractivity contribution is -0.136. The molecule has 23 heavy (non-hydrogen) atoms. The summed E-state index contributed by atoms with van der Waals surface area (Å²) < 4.78 is 0. The van der Waals surface area contributed by atoms with Crippen LogP contribution in [0.2, 0.25) is 0 Å². The lowest BCUT2D eigenvalue weighted by Gasteiger charge is -2.22. The highest BCUT2D eigenvalue weighted by molar-refractivity contribution is 6.20. The molecule has 1 amide bonds. The number of aliphatic carboxylic acids is 1. The van der Waals surface area contributed by atoms with Gasteiger partial charge in [-0.1, -0.05) is 48.5 Å². The van der Waals surface area contributed by atoms with Gasteiger partial charge in [-0.05, 0) is 6.07 Å². The number of benzene rings is 2. The third-order valence-electron chi connectivity index (χ3n) is 3.58. The summed E-state index contributed by atoms with van der Waals surface area (Å²) in [4.78, 5) is 29.1. The van der Waals surface area contributed by atoms with Crippen LogP contribution in [0.4, 0.5) is 5.69 Å². The molecule has 2 aromatic rings. The number of hydrogen-bond acceptors (Lipinski definition) is 4. The van der Waals surface area contributed by atoms with E-state index < -0.39 is 24.6 Å². The molecule has 6 heteroatoms. The van der Waals surface area contributed by atoms with Crippen molar-refractivity contribution in [3.63, 3.8) is 0 Å². The molecule has 1 aliphatic heterocycles. The molecule has 6 nitrogen and oxygen atoms in total. The number of carboxylic acids is 1. The molecule has 1 unspecified atom stereocenters. The van der Waals surface area contributed by atoms with Gasteiger partial charge in [-0.3, -0.25) is 19.5 Å². The predicted molar refractivity (Wildman–Crippen MR) is 86.5 cm³/mol. The van der Waals surface area contributed by atoms with Crippen molar-refractivity contribution < 1.29 is 14.7 Å². The van der Waals surface area contributed by atoms with Gasteiger partial charge in [0, 0.05) is 11.1 Å². The number of fused-ring (bicyclic) bond motifs is 1. The number of amides is 1. The first-order valence-corrected chi connectivity index (χ1v) is 7.09. The second kappa shape index (κ2) is 6.02. The van der Waals surface area contributed by atoms with Gasteiger partial charge in [-0.25, -0.2) is 0 Å². The van der Waals surface area contributed by atoms with Crippen molar-refractivity contribution in [2.75, 3.05) is 11.4 Å². The minimum atomic E-state index is -1.14. The monoisotopic (exact) mass is 309 g/mol. The van der Waals surface area contributed by atoms with Gasteiger partial charge in [-0.2, -0.15) is 0 Å². The van der Waals surface area contributed by atoms with E-state index in [0.717, 1.165) is 5.56 Å². The van der Waals surface area contributed by atoms with Gasteiger partial charge in [0.05, 0.1) is 11.4 Å². The Bertz CT molecular complexity index is 787. The predicted octanol–water partition coefficient (Wildman–Crippen LogP) is 1.24. The summed E-state index contributed by atoms with van der Waals surface area (Å²) in [5.41, 5.74) is 8.46. The summed E-state index contributed by atoms with van der Waals surface area (Å²) in [5.74, 6) is -1.64. The zero-order valence-corrected chi connectivity index (χ0v) is 12.2. The van der Waals surface area contributed by atoms with E-state index in [-0.39, 0.29) is 0 Å². The van der Waals surface area contributed by atoms with Gasteiger partial charge < -0.3 is 10.8 Å². The number of nitrogens with two attached hydrogens (primary N) is 1. The van der Waals surface area contributed by atoms with E-state index in [1.807, 2.05) is 36.4 Å². The maximum atomic E-state index is 12.5. The van der Waals surface area contributed by atoms with Crippen LogP contribution in [0.15, 0.2) is 59.6 Å². The van der Waals surface area contributed by atoms with Crippen molar-refractivity contribution >= 4 is 23.3 Å². The highest BCUT2D eigenvalue weighted by atomic mass is 16.4. The number of nitrogens with zero attached hydrogens (tertiary/aromatic N) is 2. The topological polar surface area (TPSA) is 96.0 Å². The molecule has 1 atom stereocenters. The first-order chi connectivity index (χ1) is 11.1. The number of benzodiazepines with no additional fused rings is 1. The Balaban J connectivity index is 2.20. The van der Waals surface area contributed by atoms with Gasteiger partial charge in [0.1, 0.15) is 6.54 Å². The first-order valence-electron chi connectivity index (χ1n) is 7.09. The minimum absolute atomic E-state index is 0.457. The molecule has 3 N–H and O–H groups in total. The Kier molecular flexibility index (Phi) is 3.91. The molecule has 116 valence electrons. The Labute approximate surface area is 132 Å². The molecule has 0 aromatic heterocycles. The summed E-state index contributed by atoms with van der Waals surface area (Å²) >= 11 is 0. The molecule has 0 aliphatic carbocycles. The standard InChI is InChI=1S/C17H15N3O3/c18-16-17(23)20(10-14(21)22)13-9-5-4-8-12(13)15(19-16)11-6-2-1-3-7-11/h1-9,16H,10,18H2,(H,21,22). The van der Waals surface area contributed by atoms with Gasteiger partial charge in [0.2, 0.25) is 0 Å². The molecule has 1 heterocycles. The van der Waals surface area contributed by atoms with Crippen molar-refractivity contribution in [2.45, 2.75) is 6.17 Å². The number of para-hydroxylation sites is 1. The molecule has 1 aliphatic rings. The van der Waals surface area contributed by atoms with Gasteiger partial charge in [0.15, 0.2) is 6.17 Å². The van der Waals surface area contributed by atoms with Crippen molar-refractivity contribution in [1.82, 2.24) is 0 Å². The van der Waals surface area contributed by atoms with Crippen LogP contribution in [0.3, 0.4) is 0 Å². The van der Waals surface area contributed by atoms with Crippen LogP contribution in [0.25, 0.3) is 0 Å². The van der Waals surface area contributed by atoms with E-state index >= 15 is 0 Å². The highest BCUT2D eigenvalue weighted by Gasteiger charge is 2.30. The van der Waals surface area contributed by atoms with Gasteiger partial charge >= 0.3 is 5.97 Å². The number of carboxylic acid groups (broad SMARTS) is 1. The fourth-order valence-corrected chi connectivity index (χ4v) is 2.58. The molecule has 3 rings (SSSR count). The minimum Gasteiger partial charge on any atom is -0.480 e. The second-order valence-corrected chi connectivity index (χ2v) is 5.12. The number of aliphatic imine (C=N–C) groups is 1. The normalized spacial score (nSPS) is 17.3. The van der Waals surface area contributed by atoms with Crippen molar-refractivity contribution in [1.29, 1.82) is 0 Å². The number of anilines is 1. The third kappa shape index (κ3) is 2.84. The third-order valence-corrected chi connectivity index (χ3v) is 3.58. The van der Waals surface area contributed by atoms with Crippen LogP contribution in [-0.4, -0.2) is 35.4 Å². The number of carbonyl (C=O) groups is 2. The van der Waals surface area contributed by atoms with Crippen LogP contribution in [-0.2, 0) is 9.59 Å². The Morgan fingerprint density at radius 1 is 1.13 bits per heavy atom. The van der Waals surface area contributed by atoms with Crippen LogP contribution in [0.5, 0.6) is 0 Å². The maximum Gasteiger partial charge on any atom is 0.323 e. The lowest BCUT2D eigenvalue weighted by atomic mass is 10.0. The lowest BCUT2D eigenvalue weighted by Crippen LogP contribution is -2.44. The molecule has 0 fully saturated rings. The van der Waals surface area contributed by atoms with Crippen molar-refractivity contribution in [3.8, 4) is 0 Å². The van der Waals surface area contributed by atoms with Crippen LogP contribution in [0.1, 0.15) is 11.1 Å². The van der Waals surface area contributed by atoms with Gasteiger partial charge in [-0.15, -0.1) is 0 Å². The molecule has 0 saturated heterocycles. The van der Waals surface area contributed by atoms with E-state index in [1.54, 1.807) is 18.2 Å². The largest absolute Gasteiger partial charge is 0.480 e. The maximum absolute atomic E-state index is 12.5. The number of carbonyl (C=O) groups excluding carboxylic acids is 1. The van der Waals surface area contributed by atoms with E-state index in [0.29, 0.717) is 17.0 Å². The zero-order chi connectivity index (χ0) is 16.4. The fraction of sp³-hybridized carbons (Fsp3) is 0.118. The Morgan fingerprint density at radius 2 is 1.78 bits per heavy atom. The second-order valence-electron chi connectivity index (χ2n) is 5.12. The number of hydrogen-bond donors (Lipinski definition) is 2. The average Bonchev–Trinajstić information content (AvgIpc) is 2.66.